The Hall–Kier alpha value is -4.05. The molecule has 5 rings (SSSR count). The quantitative estimate of drug-likeness (QED) is 0.442. The monoisotopic (exact) mass is 463 g/mol. The lowest BCUT2D eigenvalue weighted by molar-refractivity contribution is -0.384. The van der Waals surface area contributed by atoms with Crippen molar-refractivity contribution in [1.29, 1.82) is 0 Å². The first-order valence-corrected chi connectivity index (χ1v) is 11.0. The zero-order valence-corrected chi connectivity index (χ0v) is 17.9. The van der Waals surface area contributed by atoms with Crippen LogP contribution in [-0.2, 0) is 4.79 Å². The Morgan fingerprint density at radius 2 is 1.88 bits per heavy atom. The minimum Gasteiger partial charge on any atom is -0.454 e. The molecule has 0 aromatic heterocycles. The van der Waals surface area contributed by atoms with Crippen molar-refractivity contribution in [1.82, 2.24) is 0 Å². The predicted molar refractivity (Wildman–Crippen MR) is 123 cm³/mol. The van der Waals surface area contributed by atoms with Crippen molar-refractivity contribution >= 4 is 40.6 Å². The lowest BCUT2D eigenvalue weighted by Crippen LogP contribution is -2.27. The van der Waals surface area contributed by atoms with E-state index < -0.39 is 10.8 Å². The van der Waals surface area contributed by atoms with Crippen molar-refractivity contribution in [3.63, 3.8) is 0 Å². The number of nitro benzene ring substituents is 1. The van der Waals surface area contributed by atoms with Crippen molar-refractivity contribution < 1.29 is 24.0 Å². The number of ether oxygens (including phenoxy) is 2. The van der Waals surface area contributed by atoms with E-state index >= 15 is 0 Å². The van der Waals surface area contributed by atoms with Gasteiger partial charge in [-0.2, -0.15) is 0 Å². The SMILES string of the molecule is O=C(Nc1cccc(C2SCC(=O)N2c2ccc3c(c2)OCO3)c1)c1cccc([N+](=O)[O-])c1. The fourth-order valence-electron chi connectivity index (χ4n) is 3.72. The number of anilines is 2. The Bertz CT molecular complexity index is 1280. The zero-order valence-electron chi connectivity index (χ0n) is 17.1. The summed E-state index contributed by atoms with van der Waals surface area (Å²) in [5.74, 6) is 1.06. The van der Waals surface area contributed by atoms with Crippen LogP contribution in [0, 0.1) is 10.1 Å². The average molecular weight is 463 g/mol. The normalized spacial score (nSPS) is 16.7. The molecule has 0 radical (unpaired) electrons. The number of benzene rings is 3. The van der Waals surface area contributed by atoms with E-state index in [1.54, 1.807) is 35.2 Å². The van der Waals surface area contributed by atoms with E-state index in [0.29, 0.717) is 28.6 Å². The van der Waals surface area contributed by atoms with E-state index in [1.807, 2.05) is 12.1 Å². The van der Waals surface area contributed by atoms with E-state index in [0.717, 1.165) is 5.56 Å². The van der Waals surface area contributed by atoms with E-state index in [-0.39, 0.29) is 29.3 Å². The van der Waals surface area contributed by atoms with Gasteiger partial charge in [0.2, 0.25) is 12.7 Å². The number of nitrogens with zero attached hydrogens (tertiary/aromatic N) is 2. The molecule has 2 amide bonds. The van der Waals surface area contributed by atoms with Crippen molar-refractivity contribution in [3.05, 3.63) is 88.0 Å². The molecule has 2 aliphatic heterocycles. The van der Waals surface area contributed by atoms with Gasteiger partial charge in [-0.1, -0.05) is 18.2 Å². The second kappa shape index (κ2) is 8.47. The molecule has 3 aromatic rings. The van der Waals surface area contributed by atoms with Crippen LogP contribution in [0.15, 0.2) is 66.7 Å². The van der Waals surface area contributed by atoms with Crippen LogP contribution < -0.4 is 19.7 Å². The van der Waals surface area contributed by atoms with Crippen molar-refractivity contribution in [2.45, 2.75) is 5.37 Å². The van der Waals surface area contributed by atoms with Crippen LogP contribution in [0.1, 0.15) is 21.3 Å². The van der Waals surface area contributed by atoms with Gasteiger partial charge in [0.1, 0.15) is 5.37 Å². The number of hydrogen-bond acceptors (Lipinski definition) is 7. The highest BCUT2D eigenvalue weighted by molar-refractivity contribution is 8.00. The average Bonchev–Trinajstić information content (AvgIpc) is 3.45. The third kappa shape index (κ3) is 4.08. The molecule has 1 N–H and O–H groups in total. The third-order valence-corrected chi connectivity index (χ3v) is 6.46. The van der Waals surface area contributed by atoms with Gasteiger partial charge in [-0.25, -0.2) is 0 Å². The third-order valence-electron chi connectivity index (χ3n) is 5.25. The standard InChI is InChI=1S/C23H17N3O6S/c27-21-12-33-23(25(21)17-7-8-19-20(11-17)32-13-31-19)15-4-1-5-16(9-15)24-22(28)14-3-2-6-18(10-14)26(29)30/h1-11,23H,12-13H2,(H,24,28). The minimum atomic E-state index is -0.545. The minimum absolute atomic E-state index is 0.0325. The molecule has 3 aromatic carbocycles. The molecule has 0 saturated carbocycles. The molecule has 10 heteroatoms. The first-order valence-electron chi connectivity index (χ1n) is 9.99. The fourth-order valence-corrected chi connectivity index (χ4v) is 4.89. The lowest BCUT2D eigenvalue weighted by Gasteiger charge is -2.25. The molecule has 1 saturated heterocycles. The van der Waals surface area contributed by atoms with Crippen molar-refractivity contribution in [2.75, 3.05) is 22.8 Å². The van der Waals surface area contributed by atoms with Gasteiger partial charge in [0.25, 0.3) is 11.6 Å². The molecule has 2 aliphatic rings. The lowest BCUT2D eigenvalue weighted by atomic mass is 10.1. The summed E-state index contributed by atoms with van der Waals surface area (Å²) in [5, 5.41) is 13.5. The van der Waals surface area contributed by atoms with Gasteiger partial charge in [0, 0.05) is 35.1 Å². The fraction of sp³-hybridized carbons (Fsp3) is 0.130. The predicted octanol–water partition coefficient (Wildman–Crippen LogP) is 4.35. The van der Waals surface area contributed by atoms with Gasteiger partial charge in [-0.05, 0) is 35.9 Å². The van der Waals surface area contributed by atoms with Crippen molar-refractivity contribution in [3.8, 4) is 11.5 Å². The summed E-state index contributed by atoms with van der Waals surface area (Å²) in [6.45, 7) is 0.150. The van der Waals surface area contributed by atoms with Crippen LogP contribution in [0.4, 0.5) is 17.1 Å². The molecule has 33 heavy (non-hydrogen) atoms. The summed E-state index contributed by atoms with van der Waals surface area (Å²) in [6, 6.07) is 18.1. The molecular formula is C23H17N3O6S. The van der Waals surface area contributed by atoms with E-state index in [1.165, 1.54) is 36.0 Å². The maximum atomic E-state index is 12.7. The van der Waals surface area contributed by atoms with Crippen LogP contribution in [0.25, 0.3) is 0 Å². The summed E-state index contributed by atoms with van der Waals surface area (Å²) >= 11 is 1.49. The molecule has 9 nitrogen and oxygen atoms in total. The number of nitro groups is 1. The molecular weight excluding hydrogens is 446 g/mol. The van der Waals surface area contributed by atoms with Crippen LogP contribution in [0.3, 0.4) is 0 Å². The Kier molecular flexibility index (Phi) is 5.35. The largest absolute Gasteiger partial charge is 0.454 e. The summed E-state index contributed by atoms with van der Waals surface area (Å²) in [7, 11) is 0. The molecule has 1 fully saturated rings. The number of non-ortho nitro benzene ring substituents is 1. The molecule has 166 valence electrons. The number of carbonyl (C=O) groups is 2. The topological polar surface area (TPSA) is 111 Å². The second-order valence-electron chi connectivity index (χ2n) is 7.35. The summed E-state index contributed by atoms with van der Waals surface area (Å²) in [5.41, 5.74) is 2.08. The first kappa shape index (κ1) is 20.8. The molecule has 0 spiro atoms. The molecule has 0 bridgehead atoms. The van der Waals surface area contributed by atoms with Crippen LogP contribution in [0.2, 0.25) is 0 Å². The smallest absolute Gasteiger partial charge is 0.270 e. The summed E-state index contributed by atoms with van der Waals surface area (Å²) in [6.07, 6.45) is 0. The van der Waals surface area contributed by atoms with E-state index in [2.05, 4.69) is 5.32 Å². The van der Waals surface area contributed by atoms with E-state index in [9.17, 15) is 19.7 Å². The number of rotatable bonds is 5. The number of hydrogen-bond donors (Lipinski definition) is 1. The van der Waals surface area contributed by atoms with Gasteiger partial charge in [-0.3, -0.25) is 24.6 Å². The highest BCUT2D eigenvalue weighted by atomic mass is 32.2. The number of thioether (sulfide) groups is 1. The summed E-state index contributed by atoms with van der Waals surface area (Å²) < 4.78 is 10.8. The summed E-state index contributed by atoms with van der Waals surface area (Å²) in [4.78, 5) is 37.5. The highest BCUT2D eigenvalue weighted by Crippen LogP contribution is 2.45. The maximum absolute atomic E-state index is 12.7. The van der Waals surface area contributed by atoms with Crippen molar-refractivity contribution in [2.24, 2.45) is 0 Å². The maximum Gasteiger partial charge on any atom is 0.270 e. The number of amides is 2. The molecule has 2 heterocycles. The van der Waals surface area contributed by atoms with Gasteiger partial charge >= 0.3 is 0 Å². The van der Waals surface area contributed by atoms with Crippen LogP contribution in [0.5, 0.6) is 11.5 Å². The first-order chi connectivity index (χ1) is 16.0. The van der Waals surface area contributed by atoms with Gasteiger partial charge in [0.15, 0.2) is 11.5 Å². The number of carbonyl (C=O) groups excluding carboxylic acids is 2. The zero-order chi connectivity index (χ0) is 22.9. The van der Waals surface area contributed by atoms with Crippen LogP contribution in [-0.4, -0.2) is 29.3 Å². The second-order valence-corrected chi connectivity index (χ2v) is 8.42. The Labute approximate surface area is 192 Å². The number of fused-ring (bicyclic) bond motifs is 1. The Balaban J connectivity index is 1.39. The van der Waals surface area contributed by atoms with E-state index in [4.69, 9.17) is 9.47 Å². The number of nitrogens with one attached hydrogen (secondary N) is 1. The molecule has 1 atom stereocenters. The molecule has 0 aliphatic carbocycles. The Morgan fingerprint density at radius 3 is 2.73 bits per heavy atom. The highest BCUT2D eigenvalue weighted by Gasteiger charge is 2.35. The molecule has 1 unspecified atom stereocenters. The van der Waals surface area contributed by atoms with Gasteiger partial charge in [-0.15, -0.1) is 11.8 Å². The Morgan fingerprint density at radius 1 is 1.06 bits per heavy atom. The van der Waals surface area contributed by atoms with Crippen LogP contribution >= 0.6 is 11.8 Å². The van der Waals surface area contributed by atoms with Gasteiger partial charge < -0.3 is 14.8 Å². The van der Waals surface area contributed by atoms with Gasteiger partial charge in [0.05, 0.1) is 10.7 Å².